The Balaban J connectivity index is 1.45. The lowest BCUT2D eigenvalue weighted by Crippen LogP contribution is -2.04. The van der Waals surface area contributed by atoms with Crippen molar-refractivity contribution in [2.24, 2.45) is 0 Å². The number of aromatic carboxylic acids is 1. The molecule has 4 aromatic rings. The second-order valence-electron chi connectivity index (χ2n) is 10.2. The minimum absolute atomic E-state index is 0.0139. The van der Waals surface area contributed by atoms with Crippen LogP contribution in [0.2, 0.25) is 0 Å². The van der Waals surface area contributed by atoms with Crippen molar-refractivity contribution in [3.63, 3.8) is 0 Å². The van der Waals surface area contributed by atoms with Gasteiger partial charge in [-0.15, -0.1) is 0 Å². The number of aromatic hydroxyl groups is 1. The number of unbranched alkanes of at least 4 members (excludes halogenated alkanes) is 1. The summed E-state index contributed by atoms with van der Waals surface area (Å²) in [4.78, 5) is 39.5. The van der Waals surface area contributed by atoms with Crippen LogP contribution < -0.4 is 0 Å². The van der Waals surface area contributed by atoms with E-state index in [1.807, 2.05) is 24.3 Å². The highest BCUT2D eigenvalue weighted by molar-refractivity contribution is 6.18. The maximum atomic E-state index is 13.5. The first-order chi connectivity index (χ1) is 18.8. The summed E-state index contributed by atoms with van der Waals surface area (Å²) in [6, 6.07) is 13.0. The highest BCUT2D eigenvalue weighted by atomic mass is 16.4. The molecule has 0 aliphatic heterocycles. The number of furan rings is 1. The summed E-state index contributed by atoms with van der Waals surface area (Å²) in [6.07, 6.45) is 9.38. The van der Waals surface area contributed by atoms with E-state index in [0.29, 0.717) is 36.1 Å². The number of hydrogen-bond donors (Lipinski definition) is 4. The zero-order chi connectivity index (χ0) is 27.5. The third kappa shape index (κ3) is 5.32. The van der Waals surface area contributed by atoms with Gasteiger partial charge in [0.05, 0.1) is 11.1 Å². The van der Waals surface area contributed by atoms with Gasteiger partial charge < -0.3 is 24.7 Å². The first-order valence-electron chi connectivity index (χ1n) is 13.4. The number of benzene rings is 2. The van der Waals surface area contributed by atoms with Crippen LogP contribution in [0, 0.1) is 0 Å². The fraction of sp³-hybridized carbons (Fsp3) is 0.323. The zero-order valence-electron chi connectivity index (χ0n) is 21.5. The Hall–Kier alpha value is -4.33. The van der Waals surface area contributed by atoms with Crippen molar-refractivity contribution in [2.45, 2.75) is 63.7 Å². The number of carbonyl (C=O) groups is 3. The Morgan fingerprint density at radius 2 is 1.67 bits per heavy atom. The van der Waals surface area contributed by atoms with Crippen LogP contribution in [0.4, 0.5) is 0 Å². The van der Waals surface area contributed by atoms with Gasteiger partial charge in [-0.25, -0.2) is 4.79 Å². The summed E-state index contributed by atoms with van der Waals surface area (Å²) in [5.41, 5.74) is 3.56. The van der Waals surface area contributed by atoms with Crippen LogP contribution in [0.3, 0.4) is 0 Å². The number of aromatic nitrogens is 1. The van der Waals surface area contributed by atoms with E-state index in [1.165, 1.54) is 31.0 Å². The lowest BCUT2D eigenvalue weighted by Gasteiger charge is -2.22. The molecule has 8 heteroatoms. The Morgan fingerprint density at radius 1 is 0.923 bits per heavy atom. The molecule has 0 atom stereocenters. The summed E-state index contributed by atoms with van der Waals surface area (Å²) in [6.45, 7) is 0. The van der Waals surface area contributed by atoms with Gasteiger partial charge >= 0.3 is 11.9 Å². The minimum atomic E-state index is -1.38. The van der Waals surface area contributed by atoms with Gasteiger partial charge in [0.1, 0.15) is 0 Å². The molecule has 8 nitrogen and oxygen atoms in total. The summed E-state index contributed by atoms with van der Waals surface area (Å²) in [5.74, 6) is -3.77. The van der Waals surface area contributed by atoms with Crippen LogP contribution in [-0.4, -0.2) is 38.0 Å². The molecule has 1 aliphatic carbocycles. The number of ketones is 1. The molecule has 0 bridgehead atoms. The maximum absolute atomic E-state index is 13.5. The van der Waals surface area contributed by atoms with Gasteiger partial charge in [0.25, 0.3) is 0 Å². The largest absolute Gasteiger partial charge is 0.504 e. The molecule has 1 fully saturated rings. The summed E-state index contributed by atoms with van der Waals surface area (Å²) in [5, 5.41) is 30.4. The molecule has 39 heavy (non-hydrogen) atoms. The van der Waals surface area contributed by atoms with Crippen molar-refractivity contribution in [1.29, 1.82) is 0 Å². The normalized spacial score (nSPS) is 14.1. The molecule has 0 radical (unpaired) electrons. The van der Waals surface area contributed by atoms with Crippen molar-refractivity contribution in [2.75, 3.05) is 0 Å². The van der Waals surface area contributed by atoms with E-state index >= 15 is 0 Å². The Labute approximate surface area is 225 Å². The predicted octanol–water partition coefficient (Wildman–Crippen LogP) is 6.91. The third-order valence-corrected chi connectivity index (χ3v) is 7.69. The SMILES string of the molecule is O=C(O)CCCCc1cccc2c(C(=O)c3oc(C(=O)O)c(-c4ccc(C5CCCCC5)cc4)c3O)c[nH]c12. The predicted molar refractivity (Wildman–Crippen MR) is 146 cm³/mol. The van der Waals surface area contributed by atoms with E-state index in [2.05, 4.69) is 4.98 Å². The zero-order valence-corrected chi connectivity index (χ0v) is 21.5. The van der Waals surface area contributed by atoms with Gasteiger partial charge in [-0.3, -0.25) is 9.59 Å². The van der Waals surface area contributed by atoms with Crippen LogP contribution in [0.25, 0.3) is 22.0 Å². The number of aryl methyl sites for hydroxylation is 1. The van der Waals surface area contributed by atoms with Gasteiger partial charge in [0.15, 0.2) is 5.75 Å². The standard InChI is InChI=1S/C31H31NO7/c33-24(34)12-5-4-9-21-10-6-11-22-23(17-32-26(21)22)27(35)30-28(36)25(29(39-30)31(37)38)20-15-13-19(14-16-20)18-7-2-1-3-8-18/h6,10-11,13-18,32,36H,1-5,7-9,12H2,(H,33,34)(H,37,38). The van der Waals surface area contributed by atoms with E-state index in [-0.39, 0.29) is 17.5 Å². The average Bonchev–Trinajstić information content (AvgIpc) is 3.53. The van der Waals surface area contributed by atoms with Gasteiger partial charge in [-0.05, 0) is 54.7 Å². The minimum Gasteiger partial charge on any atom is -0.504 e. The van der Waals surface area contributed by atoms with Crippen LogP contribution in [0.1, 0.15) is 95.1 Å². The van der Waals surface area contributed by atoms with Gasteiger partial charge in [-0.2, -0.15) is 0 Å². The van der Waals surface area contributed by atoms with Crippen LogP contribution in [-0.2, 0) is 11.2 Å². The number of fused-ring (bicyclic) bond motifs is 1. The number of carbonyl (C=O) groups excluding carboxylic acids is 1. The Kier molecular flexibility index (Phi) is 7.54. The molecule has 2 heterocycles. The number of carboxylic acids is 2. The lowest BCUT2D eigenvalue weighted by molar-refractivity contribution is -0.137. The molecular formula is C31H31NO7. The van der Waals surface area contributed by atoms with Crippen LogP contribution in [0.5, 0.6) is 5.75 Å². The second-order valence-corrected chi connectivity index (χ2v) is 10.2. The molecule has 0 amide bonds. The molecule has 0 saturated heterocycles. The van der Waals surface area contributed by atoms with E-state index in [1.54, 1.807) is 18.2 Å². The molecule has 0 unspecified atom stereocenters. The monoisotopic (exact) mass is 529 g/mol. The molecule has 1 saturated carbocycles. The molecule has 5 rings (SSSR count). The first-order valence-corrected chi connectivity index (χ1v) is 13.4. The summed E-state index contributed by atoms with van der Waals surface area (Å²) in [7, 11) is 0. The van der Waals surface area contributed by atoms with Crippen molar-refractivity contribution in [3.8, 4) is 16.9 Å². The van der Waals surface area contributed by atoms with Crippen LogP contribution in [0.15, 0.2) is 53.1 Å². The van der Waals surface area contributed by atoms with Gasteiger partial charge in [0.2, 0.25) is 17.3 Å². The number of aliphatic carboxylic acids is 1. The van der Waals surface area contributed by atoms with E-state index in [9.17, 15) is 24.6 Å². The first kappa shape index (κ1) is 26.3. The lowest BCUT2D eigenvalue weighted by atomic mass is 9.83. The fourth-order valence-corrected chi connectivity index (χ4v) is 5.68. The topological polar surface area (TPSA) is 141 Å². The smallest absolute Gasteiger partial charge is 0.372 e. The summed E-state index contributed by atoms with van der Waals surface area (Å²) < 4.78 is 5.51. The van der Waals surface area contributed by atoms with Crippen molar-refractivity contribution in [3.05, 3.63) is 76.9 Å². The van der Waals surface area contributed by atoms with E-state index < -0.39 is 35.0 Å². The van der Waals surface area contributed by atoms with E-state index in [4.69, 9.17) is 9.52 Å². The number of H-pyrrole nitrogens is 1. The molecule has 202 valence electrons. The van der Waals surface area contributed by atoms with Crippen molar-refractivity contribution < 1.29 is 34.1 Å². The summed E-state index contributed by atoms with van der Waals surface area (Å²) >= 11 is 0. The number of carboxylic acid groups (broad SMARTS) is 2. The molecular weight excluding hydrogens is 498 g/mol. The number of hydrogen-bond acceptors (Lipinski definition) is 5. The average molecular weight is 530 g/mol. The maximum Gasteiger partial charge on any atom is 0.372 e. The molecule has 1 aliphatic rings. The highest BCUT2D eigenvalue weighted by Crippen LogP contribution is 2.41. The number of para-hydroxylation sites is 1. The van der Waals surface area contributed by atoms with E-state index in [0.717, 1.165) is 23.9 Å². The molecule has 2 aromatic heterocycles. The van der Waals surface area contributed by atoms with Gasteiger partial charge in [0, 0.05) is 23.5 Å². The number of rotatable bonds is 10. The number of aromatic amines is 1. The Bertz CT molecular complexity index is 1520. The van der Waals surface area contributed by atoms with Gasteiger partial charge in [-0.1, -0.05) is 61.7 Å². The molecule has 4 N–H and O–H groups in total. The van der Waals surface area contributed by atoms with Crippen molar-refractivity contribution >= 4 is 28.6 Å². The quantitative estimate of drug-likeness (QED) is 0.129. The van der Waals surface area contributed by atoms with Crippen molar-refractivity contribution in [1.82, 2.24) is 4.98 Å². The van der Waals surface area contributed by atoms with Crippen LogP contribution >= 0.6 is 0 Å². The highest BCUT2D eigenvalue weighted by Gasteiger charge is 2.31. The fourth-order valence-electron chi connectivity index (χ4n) is 5.68. The molecule has 2 aromatic carbocycles. The molecule has 0 spiro atoms. The Morgan fingerprint density at radius 3 is 2.36 bits per heavy atom. The number of nitrogens with one attached hydrogen (secondary N) is 1. The third-order valence-electron chi connectivity index (χ3n) is 7.69. The second kappa shape index (κ2) is 11.2.